The van der Waals surface area contributed by atoms with E-state index in [1.54, 1.807) is 0 Å². The Morgan fingerprint density at radius 3 is 2.56 bits per heavy atom. The van der Waals surface area contributed by atoms with Crippen LogP contribution in [0.2, 0.25) is 0 Å². The number of carboxylic acid groups (broad SMARTS) is 1. The topological polar surface area (TPSA) is 84.4 Å². The van der Waals surface area contributed by atoms with E-state index in [0.717, 1.165) is 19.3 Å². The molecule has 1 saturated carbocycles. The molecule has 1 aliphatic carbocycles. The highest BCUT2D eigenvalue weighted by Gasteiger charge is 2.34. The lowest BCUT2D eigenvalue weighted by molar-refractivity contribution is 0.189. The van der Waals surface area contributed by atoms with Gasteiger partial charge in [-0.1, -0.05) is 0 Å². The molecule has 0 aromatic rings. The molecule has 0 aromatic carbocycles. The van der Waals surface area contributed by atoms with Crippen LogP contribution in [0.1, 0.15) is 47.0 Å². The standard InChI is InChI=1S/C12H24N2O3S/c1-8(14-18(17)12(2,3)4)9-5-6-10(7-9)13-11(15)16/h8-10,13-14H,5-7H2,1-4H3,(H,15,16)/t8?,9-,10+,18-/m0/s1. The van der Waals surface area contributed by atoms with Gasteiger partial charge in [-0.2, -0.15) is 0 Å². The SMILES string of the molecule is CC(N[S@@+]([O-])C(C)(C)C)[C@H]1CC[C@@H](NC(=O)O)C1. The molecule has 3 N–H and O–H groups in total. The van der Waals surface area contributed by atoms with Gasteiger partial charge in [0.15, 0.2) is 0 Å². The second-order valence-corrected chi connectivity index (χ2v) is 8.01. The van der Waals surface area contributed by atoms with E-state index in [-0.39, 0.29) is 16.8 Å². The molecular formula is C12H24N2O3S. The molecule has 1 rings (SSSR count). The molecule has 0 spiro atoms. The third-order valence-electron chi connectivity index (χ3n) is 3.36. The average molecular weight is 276 g/mol. The molecule has 1 unspecified atom stereocenters. The number of rotatable bonds is 4. The van der Waals surface area contributed by atoms with E-state index < -0.39 is 17.5 Å². The van der Waals surface area contributed by atoms with E-state index >= 15 is 0 Å². The number of nitrogens with one attached hydrogen (secondary N) is 2. The Morgan fingerprint density at radius 1 is 1.44 bits per heavy atom. The molecule has 0 aromatic heterocycles. The molecule has 4 atom stereocenters. The first kappa shape index (κ1) is 15.6. The van der Waals surface area contributed by atoms with Crippen LogP contribution in [0.3, 0.4) is 0 Å². The van der Waals surface area contributed by atoms with Gasteiger partial charge in [0, 0.05) is 17.4 Å². The fourth-order valence-corrected chi connectivity index (χ4v) is 3.10. The first-order chi connectivity index (χ1) is 8.20. The van der Waals surface area contributed by atoms with Gasteiger partial charge in [-0.05, 0) is 52.9 Å². The van der Waals surface area contributed by atoms with Crippen molar-refractivity contribution in [3.05, 3.63) is 0 Å². The summed E-state index contributed by atoms with van der Waals surface area (Å²) in [6.45, 7) is 7.84. The lowest BCUT2D eigenvalue weighted by Crippen LogP contribution is -2.46. The van der Waals surface area contributed by atoms with Crippen LogP contribution in [0, 0.1) is 5.92 Å². The van der Waals surface area contributed by atoms with E-state index in [4.69, 9.17) is 5.11 Å². The molecule has 1 amide bonds. The maximum absolute atomic E-state index is 12.0. The normalized spacial score (nSPS) is 27.8. The van der Waals surface area contributed by atoms with Crippen LogP contribution in [0.4, 0.5) is 4.79 Å². The Labute approximate surface area is 112 Å². The molecule has 0 radical (unpaired) electrons. The Kier molecular flexibility index (Phi) is 5.31. The summed E-state index contributed by atoms with van der Waals surface area (Å²) in [6.07, 6.45) is 1.70. The summed E-state index contributed by atoms with van der Waals surface area (Å²) in [7, 11) is 0. The second-order valence-electron chi connectivity index (χ2n) is 6.01. The number of hydrogen-bond donors (Lipinski definition) is 3. The average Bonchev–Trinajstić information content (AvgIpc) is 2.63. The van der Waals surface area contributed by atoms with Crippen LogP contribution in [-0.2, 0) is 11.4 Å². The largest absolute Gasteiger partial charge is 0.598 e. The second kappa shape index (κ2) is 6.12. The molecule has 1 fully saturated rings. The highest BCUT2D eigenvalue weighted by atomic mass is 32.2. The molecule has 0 bridgehead atoms. The first-order valence-corrected chi connectivity index (χ1v) is 7.52. The summed E-state index contributed by atoms with van der Waals surface area (Å²) in [4.78, 5) is 10.6. The van der Waals surface area contributed by atoms with Crippen LogP contribution in [-0.4, -0.2) is 32.6 Å². The van der Waals surface area contributed by atoms with E-state index in [1.165, 1.54) is 0 Å². The zero-order valence-electron chi connectivity index (χ0n) is 11.5. The minimum atomic E-state index is -1.07. The minimum Gasteiger partial charge on any atom is -0.598 e. The van der Waals surface area contributed by atoms with Crippen molar-refractivity contribution in [3.8, 4) is 0 Å². The van der Waals surface area contributed by atoms with Gasteiger partial charge in [-0.15, -0.1) is 4.72 Å². The summed E-state index contributed by atoms with van der Waals surface area (Å²) in [5.41, 5.74) is 0. The monoisotopic (exact) mass is 276 g/mol. The van der Waals surface area contributed by atoms with Gasteiger partial charge in [0.1, 0.15) is 4.75 Å². The van der Waals surface area contributed by atoms with Crippen molar-refractivity contribution in [3.63, 3.8) is 0 Å². The molecule has 1 aliphatic rings. The molecule has 0 heterocycles. The van der Waals surface area contributed by atoms with Crippen molar-refractivity contribution in [2.24, 2.45) is 5.92 Å². The molecule has 6 heteroatoms. The maximum Gasteiger partial charge on any atom is 0.404 e. The van der Waals surface area contributed by atoms with E-state index in [9.17, 15) is 9.35 Å². The van der Waals surface area contributed by atoms with Crippen molar-refractivity contribution in [1.29, 1.82) is 0 Å². The Morgan fingerprint density at radius 2 is 2.06 bits per heavy atom. The Bertz CT molecular complexity index is 294. The van der Waals surface area contributed by atoms with Crippen LogP contribution < -0.4 is 10.0 Å². The number of hydrogen-bond acceptors (Lipinski definition) is 3. The Balaban J connectivity index is 2.40. The van der Waals surface area contributed by atoms with Gasteiger partial charge in [0.2, 0.25) is 0 Å². The zero-order valence-corrected chi connectivity index (χ0v) is 12.3. The van der Waals surface area contributed by atoms with Gasteiger partial charge in [-0.3, -0.25) is 0 Å². The summed E-state index contributed by atoms with van der Waals surface area (Å²) in [6, 6.07) is 0.186. The zero-order chi connectivity index (χ0) is 13.9. The predicted octanol–water partition coefficient (Wildman–Crippen LogP) is 1.86. The van der Waals surface area contributed by atoms with Gasteiger partial charge < -0.3 is 15.0 Å². The van der Waals surface area contributed by atoms with Gasteiger partial charge in [0.25, 0.3) is 0 Å². The van der Waals surface area contributed by atoms with Gasteiger partial charge >= 0.3 is 6.09 Å². The lowest BCUT2D eigenvalue weighted by Gasteiger charge is -2.28. The third kappa shape index (κ3) is 4.66. The van der Waals surface area contributed by atoms with Crippen molar-refractivity contribution >= 4 is 17.5 Å². The van der Waals surface area contributed by atoms with Crippen molar-refractivity contribution in [2.45, 2.75) is 63.8 Å². The summed E-state index contributed by atoms with van der Waals surface area (Å²) >= 11 is -1.07. The number of amides is 1. The van der Waals surface area contributed by atoms with Crippen LogP contribution >= 0.6 is 0 Å². The smallest absolute Gasteiger partial charge is 0.404 e. The van der Waals surface area contributed by atoms with Gasteiger partial charge in [-0.25, -0.2) is 4.79 Å². The molecule has 106 valence electrons. The van der Waals surface area contributed by atoms with Gasteiger partial charge in [0.05, 0.1) is 6.04 Å². The summed E-state index contributed by atoms with van der Waals surface area (Å²) in [5.74, 6) is 0.383. The van der Waals surface area contributed by atoms with E-state index in [2.05, 4.69) is 10.0 Å². The quantitative estimate of drug-likeness (QED) is 0.684. The van der Waals surface area contributed by atoms with Crippen LogP contribution in [0.5, 0.6) is 0 Å². The highest BCUT2D eigenvalue weighted by molar-refractivity contribution is 7.90. The maximum atomic E-state index is 12.0. The van der Waals surface area contributed by atoms with Crippen molar-refractivity contribution < 1.29 is 14.5 Å². The highest BCUT2D eigenvalue weighted by Crippen LogP contribution is 2.29. The number of carbonyl (C=O) groups is 1. The lowest BCUT2D eigenvalue weighted by atomic mass is 10.0. The molecule has 0 saturated heterocycles. The molecular weight excluding hydrogens is 252 g/mol. The first-order valence-electron chi connectivity index (χ1n) is 6.37. The van der Waals surface area contributed by atoms with Crippen molar-refractivity contribution in [2.75, 3.05) is 0 Å². The van der Waals surface area contributed by atoms with E-state index in [1.807, 2.05) is 27.7 Å². The minimum absolute atomic E-state index is 0.0415. The fourth-order valence-electron chi connectivity index (χ4n) is 2.22. The fraction of sp³-hybridized carbons (Fsp3) is 0.917. The van der Waals surface area contributed by atoms with Crippen LogP contribution in [0.25, 0.3) is 0 Å². The molecule has 18 heavy (non-hydrogen) atoms. The third-order valence-corrected chi connectivity index (χ3v) is 5.06. The Hall–Kier alpha value is -0.460. The molecule has 5 nitrogen and oxygen atoms in total. The summed E-state index contributed by atoms with van der Waals surface area (Å²) < 4.78 is 14.8. The van der Waals surface area contributed by atoms with E-state index in [0.29, 0.717) is 5.92 Å². The molecule has 0 aliphatic heterocycles. The summed E-state index contributed by atoms with van der Waals surface area (Å²) in [5, 5.41) is 11.2. The van der Waals surface area contributed by atoms with Crippen molar-refractivity contribution in [1.82, 2.24) is 10.0 Å². The predicted molar refractivity (Wildman–Crippen MR) is 72.8 cm³/mol. The van der Waals surface area contributed by atoms with Crippen LogP contribution in [0.15, 0.2) is 0 Å².